The molecule has 1 aliphatic rings. The number of nitrogen functional groups attached to an aromatic ring is 2. The first-order valence-electron chi connectivity index (χ1n) is 8.79. The minimum absolute atomic E-state index is 0. The molecule has 0 atom stereocenters. The maximum atomic E-state index is 13.1. The van der Waals surface area contributed by atoms with Crippen LogP contribution in [0.5, 0.6) is 0 Å². The van der Waals surface area contributed by atoms with Gasteiger partial charge in [-0.25, -0.2) is 0 Å². The summed E-state index contributed by atoms with van der Waals surface area (Å²) in [5.41, 5.74) is 12.5. The molecule has 3 aromatic rings. The first kappa shape index (κ1) is 22.4. The van der Waals surface area contributed by atoms with Crippen LogP contribution in [0.1, 0.15) is 47.8 Å². The van der Waals surface area contributed by atoms with E-state index < -0.39 is 11.6 Å². The number of hydrogen-bond acceptors (Lipinski definition) is 7. The van der Waals surface area contributed by atoms with Crippen LogP contribution in [0.15, 0.2) is 48.5 Å². The van der Waals surface area contributed by atoms with Crippen molar-refractivity contribution in [1.29, 1.82) is 0 Å². The number of anilines is 4. The fraction of sp³-hybridized carbons (Fsp3) is 0.0455. The van der Waals surface area contributed by atoms with Crippen LogP contribution in [0.2, 0.25) is 0 Å². The van der Waals surface area contributed by atoms with Gasteiger partial charge in [0.15, 0.2) is 17.9 Å². The zero-order valence-electron chi connectivity index (χ0n) is 16.4. The molecule has 1 aliphatic carbocycles. The van der Waals surface area contributed by atoms with Crippen molar-refractivity contribution in [2.24, 2.45) is 0 Å². The molecule has 0 saturated heterocycles. The molecule has 30 heavy (non-hydrogen) atoms. The Morgan fingerprint density at radius 2 is 1.37 bits per heavy atom. The van der Waals surface area contributed by atoms with E-state index in [4.69, 9.17) is 11.5 Å². The summed E-state index contributed by atoms with van der Waals surface area (Å²) >= 11 is 0. The number of ketones is 2. The van der Waals surface area contributed by atoms with Crippen LogP contribution in [0.25, 0.3) is 0 Å². The molecule has 4 rings (SSSR count). The number of nitrogens with two attached hydrogens (primary N) is 2. The number of aryl methyl sites for hydroxylation is 1. The monoisotopic (exact) mass is 425 g/mol. The van der Waals surface area contributed by atoms with Crippen LogP contribution in [0.3, 0.4) is 0 Å². The predicted molar refractivity (Wildman–Crippen MR) is 111 cm³/mol. The summed E-state index contributed by atoms with van der Waals surface area (Å²) in [5.74, 6) is -1.03. The van der Waals surface area contributed by atoms with Gasteiger partial charge in [0.2, 0.25) is 0 Å². The molecule has 0 saturated carbocycles. The van der Waals surface area contributed by atoms with E-state index >= 15 is 0 Å². The van der Waals surface area contributed by atoms with Crippen molar-refractivity contribution < 1.29 is 65.8 Å². The third-order valence-electron chi connectivity index (χ3n) is 5.05. The first-order chi connectivity index (χ1) is 13.9. The molecule has 0 spiro atoms. The van der Waals surface area contributed by atoms with E-state index in [9.17, 15) is 19.6 Å². The molecule has 8 heteroatoms. The van der Waals surface area contributed by atoms with Gasteiger partial charge in [-0.15, -0.1) is 0 Å². The van der Waals surface area contributed by atoms with Gasteiger partial charge in [0.1, 0.15) is 0 Å². The van der Waals surface area contributed by atoms with E-state index in [2.05, 4.69) is 0 Å². The van der Waals surface area contributed by atoms with E-state index in [1.54, 1.807) is 36.4 Å². The van der Waals surface area contributed by atoms with Gasteiger partial charge < -0.3 is 21.7 Å². The van der Waals surface area contributed by atoms with Crippen LogP contribution >= 0.6 is 0 Å². The minimum atomic E-state index is -0.518. The van der Waals surface area contributed by atoms with E-state index in [1.165, 1.54) is 12.1 Å². The Hall–Kier alpha value is -2.33. The fourth-order valence-electron chi connectivity index (χ4n) is 3.56. The maximum absolute atomic E-state index is 13.1. The Kier molecular flexibility index (Phi) is 6.28. The summed E-state index contributed by atoms with van der Waals surface area (Å²) in [6, 6.07) is 12.9. The molecular formula is C22H16KN3O4. The Bertz CT molecular complexity index is 1210. The molecule has 0 aliphatic heterocycles. The standard InChI is InChI=1S/C22H16N3O4.K/c1-11-6-8-12(9-7-11)25(29)20-15(10-26)18(23)16-17(19(20)24)22(28)14-5-3-2-4-13(14)21(16)27;/h2-10H,23-24H2,1H3;/q-1;+1. The third kappa shape index (κ3) is 3.31. The predicted octanol–water partition coefficient (Wildman–Crippen LogP) is 0.387. The molecule has 0 bridgehead atoms. The number of aldehydes is 1. The van der Waals surface area contributed by atoms with Crippen molar-refractivity contribution in [2.75, 3.05) is 16.5 Å². The van der Waals surface area contributed by atoms with Crippen LogP contribution < -0.4 is 67.9 Å². The number of nitrogens with zero attached hydrogens (tertiary/aromatic N) is 1. The molecule has 0 aromatic heterocycles. The SMILES string of the molecule is Cc1ccc(N([O-])c2c(N)c3c(c(N)c2C=O)C(=O)c2ccccc2C3=O)cc1.[K+]. The zero-order chi connectivity index (χ0) is 20.9. The Labute approximate surface area is 215 Å². The first-order valence-corrected chi connectivity index (χ1v) is 8.79. The average molecular weight is 425 g/mol. The molecule has 0 unspecified atom stereocenters. The van der Waals surface area contributed by atoms with Gasteiger partial charge in [0, 0.05) is 16.8 Å². The summed E-state index contributed by atoms with van der Waals surface area (Å²) in [6.45, 7) is 1.86. The van der Waals surface area contributed by atoms with Crippen LogP contribution in [0, 0.1) is 12.1 Å². The molecule has 4 N–H and O–H groups in total. The van der Waals surface area contributed by atoms with E-state index in [1.807, 2.05) is 6.92 Å². The second-order valence-electron chi connectivity index (χ2n) is 6.79. The number of rotatable bonds is 3. The molecule has 7 nitrogen and oxygen atoms in total. The normalized spacial score (nSPS) is 11.9. The Balaban J connectivity index is 0.00000256. The number of carbonyl (C=O) groups is 3. The summed E-state index contributed by atoms with van der Waals surface area (Å²) in [6.07, 6.45) is 0.374. The van der Waals surface area contributed by atoms with Crippen molar-refractivity contribution in [3.63, 3.8) is 0 Å². The second-order valence-corrected chi connectivity index (χ2v) is 6.79. The van der Waals surface area contributed by atoms with Crippen molar-refractivity contribution in [1.82, 2.24) is 0 Å². The van der Waals surface area contributed by atoms with Crippen molar-refractivity contribution in [3.8, 4) is 0 Å². The van der Waals surface area contributed by atoms with E-state index in [0.29, 0.717) is 11.3 Å². The van der Waals surface area contributed by atoms with Gasteiger partial charge in [-0.3, -0.25) is 14.4 Å². The van der Waals surface area contributed by atoms with Crippen molar-refractivity contribution in [2.45, 2.75) is 6.92 Å². The molecule has 0 radical (unpaired) electrons. The van der Waals surface area contributed by atoms with Gasteiger partial charge in [-0.05, 0) is 19.1 Å². The zero-order valence-corrected chi connectivity index (χ0v) is 19.6. The molecule has 0 heterocycles. The summed E-state index contributed by atoms with van der Waals surface area (Å²) in [4.78, 5) is 37.9. The summed E-state index contributed by atoms with van der Waals surface area (Å²) in [5, 5.41) is 13.5. The molecule has 144 valence electrons. The molecule has 0 amide bonds. The van der Waals surface area contributed by atoms with Gasteiger partial charge in [0.05, 0.1) is 33.8 Å². The Morgan fingerprint density at radius 3 is 1.87 bits per heavy atom. The largest absolute Gasteiger partial charge is 1.00 e. The number of carbonyl (C=O) groups excluding carboxylic acids is 3. The van der Waals surface area contributed by atoms with Crippen LogP contribution in [-0.2, 0) is 0 Å². The molecule has 0 fully saturated rings. The van der Waals surface area contributed by atoms with Crippen molar-refractivity contribution >= 4 is 40.6 Å². The Morgan fingerprint density at radius 1 is 0.867 bits per heavy atom. The molecular weight excluding hydrogens is 409 g/mol. The fourth-order valence-corrected chi connectivity index (χ4v) is 3.56. The average Bonchev–Trinajstić information content (AvgIpc) is 2.73. The third-order valence-corrected chi connectivity index (χ3v) is 5.05. The van der Waals surface area contributed by atoms with Gasteiger partial charge >= 0.3 is 51.4 Å². The van der Waals surface area contributed by atoms with Crippen molar-refractivity contribution in [3.05, 3.63) is 87.1 Å². The number of fused-ring (bicyclic) bond motifs is 2. The summed E-state index contributed by atoms with van der Waals surface area (Å²) in [7, 11) is 0. The minimum Gasteiger partial charge on any atom is -0.754 e. The maximum Gasteiger partial charge on any atom is 1.00 e. The molecule has 3 aromatic carbocycles. The van der Waals surface area contributed by atoms with Gasteiger partial charge in [-0.1, -0.05) is 42.0 Å². The number of benzene rings is 3. The quantitative estimate of drug-likeness (QED) is 0.210. The second kappa shape index (κ2) is 8.42. The van der Waals surface area contributed by atoms with Crippen LogP contribution in [0.4, 0.5) is 22.7 Å². The van der Waals surface area contributed by atoms with E-state index in [0.717, 1.165) is 5.56 Å². The van der Waals surface area contributed by atoms with E-state index in [-0.39, 0.29) is 102 Å². The number of hydrogen-bond donors (Lipinski definition) is 2. The topological polar surface area (TPSA) is 130 Å². The smallest absolute Gasteiger partial charge is 0.754 e. The van der Waals surface area contributed by atoms with Crippen LogP contribution in [-0.4, -0.2) is 17.9 Å². The summed E-state index contributed by atoms with van der Waals surface area (Å²) < 4.78 is 0. The van der Waals surface area contributed by atoms with Gasteiger partial charge in [-0.2, -0.15) is 0 Å². The van der Waals surface area contributed by atoms with Gasteiger partial charge in [0.25, 0.3) is 0 Å².